The molecule has 0 saturated carbocycles. The third kappa shape index (κ3) is 8.61. The highest BCUT2D eigenvalue weighted by atomic mass is 16.5. The fourth-order valence-electron chi connectivity index (χ4n) is 7.44. The second-order valence-corrected chi connectivity index (χ2v) is 14.9. The number of amides is 5. The number of pyridine rings is 1. The fraction of sp³-hybridized carbons (Fsp3) is 0.439. The van der Waals surface area contributed by atoms with E-state index < -0.39 is 30.3 Å². The van der Waals surface area contributed by atoms with Gasteiger partial charge in [-0.25, -0.2) is 19.6 Å². The standard InChI is InChI=1S/C41H50N8O7/c1-23(2)34(46-40(53)55-5)38(51)48-19-7-9-32(48)36-42-22-31(45-36)26-13-11-25(12-14-26)29-17-15-27-21-28(16-18-30(27)44-29)43-37(50)33-10-8-20-49(33)39(52)35(24(3)4)47-41(54)56-6/h11-18,21-24,32-35H,7-10,19-20H2,1-6H3,(H,42,45)(H,43,50)(H,46,53)(H,47,54)/t32-,33-,34-,35-/m0/s1. The number of hydrogen-bond donors (Lipinski definition) is 4. The molecule has 4 heterocycles. The molecular weight excluding hydrogens is 716 g/mol. The minimum Gasteiger partial charge on any atom is -0.453 e. The Morgan fingerprint density at radius 2 is 1.38 bits per heavy atom. The molecule has 2 aliphatic heterocycles. The van der Waals surface area contributed by atoms with E-state index in [1.54, 1.807) is 22.1 Å². The quantitative estimate of drug-likeness (QED) is 0.150. The molecule has 4 N–H and O–H groups in total. The number of imidazole rings is 1. The zero-order chi connectivity index (χ0) is 40.1. The van der Waals surface area contributed by atoms with E-state index in [9.17, 15) is 24.0 Å². The molecule has 2 fully saturated rings. The van der Waals surface area contributed by atoms with Gasteiger partial charge in [0.1, 0.15) is 23.9 Å². The Bertz CT molecular complexity index is 2080. The second-order valence-electron chi connectivity index (χ2n) is 14.9. The van der Waals surface area contributed by atoms with Crippen molar-refractivity contribution in [3.05, 3.63) is 66.6 Å². The van der Waals surface area contributed by atoms with Gasteiger partial charge in [-0.15, -0.1) is 0 Å². The summed E-state index contributed by atoms with van der Waals surface area (Å²) >= 11 is 0. The van der Waals surface area contributed by atoms with Gasteiger partial charge in [-0.05, 0) is 67.3 Å². The third-order valence-electron chi connectivity index (χ3n) is 10.5. The first-order valence-electron chi connectivity index (χ1n) is 19.1. The van der Waals surface area contributed by atoms with Gasteiger partial charge < -0.3 is 40.2 Å². The molecule has 15 heteroatoms. The number of benzene rings is 2. The molecule has 0 unspecified atom stereocenters. The lowest BCUT2D eigenvalue weighted by Gasteiger charge is -2.30. The van der Waals surface area contributed by atoms with E-state index in [1.165, 1.54) is 14.2 Å². The molecule has 4 atom stereocenters. The summed E-state index contributed by atoms with van der Waals surface area (Å²) in [4.78, 5) is 80.5. The number of aromatic nitrogens is 3. The number of rotatable bonds is 11. The molecule has 0 bridgehead atoms. The second kappa shape index (κ2) is 17.2. The molecule has 6 rings (SSSR count). The first-order chi connectivity index (χ1) is 26.9. The van der Waals surface area contributed by atoms with Crippen LogP contribution in [-0.4, -0.2) is 100 Å². The smallest absolute Gasteiger partial charge is 0.407 e. The SMILES string of the molecule is COC(=O)N[C@H](C(=O)N1CCC[C@H]1C(=O)Nc1ccc2nc(-c3ccc(-c4cnc([C@@H]5CCCN5C(=O)[C@@H](NC(=O)OC)C(C)C)[nH]4)cc3)ccc2c1)C(C)C. The predicted octanol–water partition coefficient (Wildman–Crippen LogP) is 5.65. The van der Waals surface area contributed by atoms with Gasteiger partial charge in [0, 0.05) is 29.7 Å². The highest BCUT2D eigenvalue weighted by molar-refractivity contribution is 6.00. The minimum absolute atomic E-state index is 0.118. The van der Waals surface area contributed by atoms with E-state index in [0.717, 1.165) is 46.3 Å². The lowest BCUT2D eigenvalue weighted by molar-refractivity contribution is -0.139. The number of anilines is 1. The number of hydrogen-bond acceptors (Lipinski definition) is 9. The normalized spacial score (nSPS) is 17.9. The van der Waals surface area contributed by atoms with Crippen molar-refractivity contribution in [1.29, 1.82) is 0 Å². The Labute approximate surface area is 325 Å². The number of alkyl carbamates (subject to hydrolysis) is 2. The van der Waals surface area contributed by atoms with Crippen LogP contribution in [0.2, 0.25) is 0 Å². The van der Waals surface area contributed by atoms with Gasteiger partial charge in [0.05, 0.1) is 43.4 Å². The maximum atomic E-state index is 13.5. The summed E-state index contributed by atoms with van der Waals surface area (Å²) in [6.45, 7) is 8.45. The number of H-pyrrole nitrogens is 1. The first-order valence-corrected chi connectivity index (χ1v) is 19.1. The number of carbonyl (C=O) groups excluding carboxylic acids is 5. The molecule has 296 valence electrons. The third-order valence-corrected chi connectivity index (χ3v) is 10.5. The van der Waals surface area contributed by atoms with Crippen molar-refractivity contribution in [2.75, 3.05) is 32.6 Å². The lowest BCUT2D eigenvalue weighted by Crippen LogP contribution is -2.54. The lowest BCUT2D eigenvalue weighted by atomic mass is 10.0. The van der Waals surface area contributed by atoms with Gasteiger partial charge >= 0.3 is 12.2 Å². The van der Waals surface area contributed by atoms with Crippen molar-refractivity contribution in [3.63, 3.8) is 0 Å². The van der Waals surface area contributed by atoms with E-state index in [-0.39, 0.29) is 35.6 Å². The minimum atomic E-state index is -0.805. The van der Waals surface area contributed by atoms with Crippen LogP contribution >= 0.6 is 0 Å². The van der Waals surface area contributed by atoms with Crippen LogP contribution in [0.15, 0.2) is 60.8 Å². The summed E-state index contributed by atoms with van der Waals surface area (Å²) in [6.07, 6.45) is 3.24. The summed E-state index contributed by atoms with van der Waals surface area (Å²) in [6, 6.07) is 15.0. The zero-order valence-corrected chi connectivity index (χ0v) is 32.6. The van der Waals surface area contributed by atoms with Crippen LogP contribution in [0.3, 0.4) is 0 Å². The van der Waals surface area contributed by atoms with Crippen LogP contribution in [0.5, 0.6) is 0 Å². The highest BCUT2D eigenvalue weighted by Gasteiger charge is 2.39. The van der Waals surface area contributed by atoms with Crippen LogP contribution in [0.25, 0.3) is 33.4 Å². The Balaban J connectivity index is 1.11. The number of nitrogens with one attached hydrogen (secondary N) is 4. The summed E-state index contributed by atoms with van der Waals surface area (Å²) in [5.41, 5.74) is 4.81. The monoisotopic (exact) mass is 766 g/mol. The van der Waals surface area contributed by atoms with Gasteiger partial charge in [0.15, 0.2) is 0 Å². The number of fused-ring (bicyclic) bond motifs is 1. The summed E-state index contributed by atoms with van der Waals surface area (Å²) in [5, 5.41) is 9.11. The largest absolute Gasteiger partial charge is 0.453 e. The van der Waals surface area contributed by atoms with Gasteiger partial charge in [-0.3, -0.25) is 14.4 Å². The highest BCUT2D eigenvalue weighted by Crippen LogP contribution is 2.33. The molecular formula is C41H50N8O7. The number of aromatic amines is 1. The molecule has 2 saturated heterocycles. The molecule has 0 spiro atoms. The van der Waals surface area contributed by atoms with Crippen LogP contribution in [0, 0.1) is 11.8 Å². The Hall–Kier alpha value is -5.99. The van der Waals surface area contributed by atoms with Crippen molar-refractivity contribution in [3.8, 4) is 22.5 Å². The average molecular weight is 767 g/mol. The van der Waals surface area contributed by atoms with Crippen LogP contribution in [0.1, 0.15) is 65.2 Å². The zero-order valence-electron chi connectivity index (χ0n) is 32.6. The summed E-state index contributed by atoms with van der Waals surface area (Å²) in [5.74, 6) is -0.363. The number of nitrogens with zero attached hydrogens (tertiary/aromatic N) is 4. The van der Waals surface area contributed by atoms with Crippen molar-refractivity contribution >= 4 is 46.5 Å². The van der Waals surface area contributed by atoms with Gasteiger partial charge in [-0.1, -0.05) is 58.0 Å². The Kier molecular flexibility index (Phi) is 12.2. The molecule has 2 aromatic carbocycles. The molecule has 2 aliphatic rings. The Morgan fingerprint density at radius 1 is 0.768 bits per heavy atom. The van der Waals surface area contributed by atoms with Gasteiger partial charge in [0.25, 0.3) is 0 Å². The molecule has 5 amide bonds. The van der Waals surface area contributed by atoms with E-state index in [0.29, 0.717) is 37.4 Å². The maximum Gasteiger partial charge on any atom is 0.407 e. The number of methoxy groups -OCH3 is 2. The topological polar surface area (TPSA) is 188 Å². The first kappa shape index (κ1) is 39.7. The van der Waals surface area contributed by atoms with Crippen LogP contribution in [0.4, 0.5) is 15.3 Å². The maximum absolute atomic E-state index is 13.5. The molecule has 0 radical (unpaired) electrons. The van der Waals surface area contributed by atoms with Gasteiger partial charge in [0.2, 0.25) is 17.7 Å². The summed E-state index contributed by atoms with van der Waals surface area (Å²) in [7, 11) is 2.53. The van der Waals surface area contributed by atoms with Crippen LogP contribution < -0.4 is 16.0 Å². The average Bonchev–Trinajstić information content (AvgIpc) is 4.00. The Morgan fingerprint density at radius 3 is 2.02 bits per heavy atom. The molecule has 56 heavy (non-hydrogen) atoms. The van der Waals surface area contributed by atoms with Crippen molar-refractivity contribution in [2.45, 2.75) is 77.5 Å². The summed E-state index contributed by atoms with van der Waals surface area (Å²) < 4.78 is 9.45. The van der Waals surface area contributed by atoms with Crippen molar-refractivity contribution in [1.82, 2.24) is 35.4 Å². The molecule has 4 aromatic rings. The van der Waals surface area contributed by atoms with Crippen molar-refractivity contribution < 1.29 is 33.4 Å². The van der Waals surface area contributed by atoms with Gasteiger partial charge in [-0.2, -0.15) is 0 Å². The predicted molar refractivity (Wildman–Crippen MR) is 210 cm³/mol. The fourth-order valence-corrected chi connectivity index (χ4v) is 7.44. The molecule has 0 aliphatic carbocycles. The van der Waals surface area contributed by atoms with E-state index in [1.807, 2.05) is 76.2 Å². The number of likely N-dealkylation sites (tertiary alicyclic amines) is 2. The number of carbonyl (C=O) groups is 5. The molecule has 2 aromatic heterocycles. The number of ether oxygens (including phenoxy) is 2. The van der Waals surface area contributed by atoms with Crippen LogP contribution in [-0.2, 0) is 23.9 Å². The van der Waals surface area contributed by atoms with E-state index >= 15 is 0 Å². The van der Waals surface area contributed by atoms with E-state index in [4.69, 9.17) is 14.5 Å². The van der Waals surface area contributed by atoms with Crippen molar-refractivity contribution in [2.24, 2.45) is 11.8 Å². The molecule has 15 nitrogen and oxygen atoms in total. The van der Waals surface area contributed by atoms with E-state index in [2.05, 4.69) is 25.9 Å².